The van der Waals surface area contributed by atoms with Crippen LogP contribution in [0.5, 0.6) is 0 Å². The van der Waals surface area contributed by atoms with Crippen LogP contribution in [0.1, 0.15) is 23.1 Å². The van der Waals surface area contributed by atoms with Crippen LogP contribution in [-0.2, 0) is 13.0 Å². The summed E-state index contributed by atoms with van der Waals surface area (Å²) in [5.74, 6) is 3.66. The normalized spacial score (nSPS) is 19.0. The summed E-state index contributed by atoms with van der Waals surface area (Å²) in [6.45, 7) is 2.99. The van der Waals surface area contributed by atoms with Crippen LogP contribution in [0.4, 0.5) is 0 Å². The average molecular weight is 322 g/mol. The zero-order valence-electron chi connectivity index (χ0n) is 11.9. The van der Waals surface area contributed by atoms with E-state index in [1.165, 1.54) is 11.5 Å². The first-order valence-corrected chi connectivity index (χ1v) is 9.31. The molecule has 0 amide bonds. The average Bonchev–Trinajstić information content (AvgIpc) is 2.86. The van der Waals surface area contributed by atoms with Crippen LogP contribution < -0.4 is 0 Å². The van der Waals surface area contributed by atoms with Crippen LogP contribution in [0.2, 0.25) is 0 Å². The van der Waals surface area contributed by atoms with Crippen molar-refractivity contribution in [2.24, 2.45) is 0 Å². The number of fused-ring (bicyclic) bond motifs is 1. The number of hydrogen-bond acceptors (Lipinski definition) is 4. The van der Waals surface area contributed by atoms with Crippen LogP contribution in [0.25, 0.3) is 11.0 Å². The first kappa shape index (κ1) is 14.8. The van der Waals surface area contributed by atoms with E-state index in [-0.39, 0.29) is 0 Å². The predicted octanol–water partition coefficient (Wildman–Crippen LogP) is 3.15. The lowest BCUT2D eigenvalue weighted by molar-refractivity contribution is 0.0699. The van der Waals surface area contributed by atoms with Crippen molar-refractivity contribution in [3.63, 3.8) is 0 Å². The van der Waals surface area contributed by atoms with E-state index >= 15 is 0 Å². The monoisotopic (exact) mass is 322 g/mol. The van der Waals surface area contributed by atoms with Gasteiger partial charge in [-0.1, -0.05) is 13.0 Å². The summed E-state index contributed by atoms with van der Waals surface area (Å²) in [6.07, 6.45) is 0.818. The fraction of sp³-hybridized carbons (Fsp3) is 0.467. The van der Waals surface area contributed by atoms with Crippen molar-refractivity contribution in [3.05, 3.63) is 29.6 Å². The van der Waals surface area contributed by atoms with Gasteiger partial charge in [-0.3, -0.25) is 0 Å². The lowest BCUT2D eigenvalue weighted by Gasteiger charge is -2.22. The molecule has 0 saturated carbocycles. The Labute approximate surface area is 132 Å². The minimum atomic E-state index is -0.907. The molecule has 0 spiro atoms. The van der Waals surface area contributed by atoms with Gasteiger partial charge in [0.05, 0.1) is 11.1 Å². The van der Waals surface area contributed by atoms with Gasteiger partial charge in [0.1, 0.15) is 11.3 Å². The highest BCUT2D eigenvalue weighted by atomic mass is 32.2. The van der Waals surface area contributed by atoms with Crippen LogP contribution in [0.15, 0.2) is 18.2 Å². The standard InChI is InChI=1S/C15H18N2O2S2/c1-2-13-16-14-11(15(18)19)4-3-5-12(14)17(13)8-10-9-20-6-7-21-10/h3-5,10H,2,6-9H2,1H3,(H,18,19). The quantitative estimate of drug-likeness (QED) is 0.937. The fourth-order valence-electron chi connectivity index (χ4n) is 2.69. The minimum Gasteiger partial charge on any atom is -0.478 e. The van der Waals surface area contributed by atoms with Crippen LogP contribution in [0.3, 0.4) is 0 Å². The second-order valence-corrected chi connectivity index (χ2v) is 7.60. The Bertz CT molecular complexity index is 663. The molecule has 2 heterocycles. The molecule has 2 aromatic rings. The van der Waals surface area contributed by atoms with E-state index in [4.69, 9.17) is 0 Å². The minimum absolute atomic E-state index is 0.298. The van der Waals surface area contributed by atoms with Gasteiger partial charge in [-0.25, -0.2) is 9.78 Å². The van der Waals surface area contributed by atoms with Crippen LogP contribution in [-0.4, -0.2) is 43.1 Å². The van der Waals surface area contributed by atoms with E-state index in [2.05, 4.69) is 16.5 Å². The Morgan fingerprint density at radius 2 is 2.33 bits per heavy atom. The fourth-order valence-corrected chi connectivity index (χ4v) is 5.34. The molecule has 6 heteroatoms. The molecule has 1 fully saturated rings. The van der Waals surface area contributed by atoms with Crippen molar-refractivity contribution in [2.75, 3.05) is 17.3 Å². The summed E-state index contributed by atoms with van der Waals surface area (Å²) in [6, 6.07) is 5.42. The topological polar surface area (TPSA) is 55.1 Å². The number of aromatic nitrogens is 2. The number of nitrogens with zero attached hydrogens (tertiary/aromatic N) is 2. The predicted molar refractivity (Wildman–Crippen MR) is 89.6 cm³/mol. The van der Waals surface area contributed by atoms with Crippen molar-refractivity contribution in [1.82, 2.24) is 9.55 Å². The van der Waals surface area contributed by atoms with Gasteiger partial charge < -0.3 is 9.67 Å². The molecule has 1 aromatic carbocycles. The van der Waals surface area contributed by atoms with Gasteiger partial charge >= 0.3 is 5.97 Å². The van der Waals surface area contributed by atoms with Crippen molar-refractivity contribution < 1.29 is 9.90 Å². The smallest absolute Gasteiger partial charge is 0.337 e. The van der Waals surface area contributed by atoms with Gasteiger partial charge in [0.15, 0.2) is 0 Å². The first-order valence-electron chi connectivity index (χ1n) is 7.11. The highest BCUT2D eigenvalue weighted by Crippen LogP contribution is 2.28. The molecule has 1 aliphatic rings. The number of carboxylic acid groups (broad SMARTS) is 1. The molecule has 1 aliphatic heterocycles. The van der Waals surface area contributed by atoms with E-state index < -0.39 is 5.97 Å². The van der Waals surface area contributed by atoms with Gasteiger partial charge in [-0.15, -0.1) is 0 Å². The molecule has 1 N–H and O–H groups in total. The van der Waals surface area contributed by atoms with Crippen molar-refractivity contribution in [1.29, 1.82) is 0 Å². The molecule has 3 rings (SSSR count). The molecule has 1 atom stereocenters. The number of aryl methyl sites for hydroxylation is 1. The number of carboxylic acids is 1. The van der Waals surface area contributed by atoms with Gasteiger partial charge in [0, 0.05) is 35.5 Å². The Hall–Kier alpha value is -1.14. The molecule has 1 unspecified atom stereocenters. The van der Waals surface area contributed by atoms with E-state index in [1.54, 1.807) is 6.07 Å². The van der Waals surface area contributed by atoms with E-state index in [0.717, 1.165) is 30.1 Å². The second-order valence-electron chi connectivity index (χ2n) is 5.04. The number of benzene rings is 1. The third-order valence-electron chi connectivity index (χ3n) is 3.68. The van der Waals surface area contributed by atoms with Crippen molar-refractivity contribution >= 4 is 40.5 Å². The van der Waals surface area contributed by atoms with Gasteiger partial charge in [0.2, 0.25) is 0 Å². The third-order valence-corrected chi connectivity index (χ3v) is 6.50. The summed E-state index contributed by atoms with van der Waals surface area (Å²) < 4.78 is 2.21. The number of aromatic carboxylic acids is 1. The summed E-state index contributed by atoms with van der Waals surface area (Å²) in [7, 11) is 0. The Balaban J connectivity index is 2.03. The third kappa shape index (κ3) is 2.92. The maximum atomic E-state index is 11.4. The molecular weight excluding hydrogens is 304 g/mol. The van der Waals surface area contributed by atoms with Crippen LogP contribution >= 0.6 is 23.5 Å². The number of imidazole rings is 1. The maximum Gasteiger partial charge on any atom is 0.337 e. The Morgan fingerprint density at radius 1 is 1.48 bits per heavy atom. The zero-order valence-corrected chi connectivity index (χ0v) is 13.5. The molecule has 0 radical (unpaired) electrons. The number of carbonyl (C=O) groups is 1. The molecule has 21 heavy (non-hydrogen) atoms. The zero-order chi connectivity index (χ0) is 14.8. The van der Waals surface area contributed by atoms with Crippen molar-refractivity contribution in [2.45, 2.75) is 25.1 Å². The number of thioether (sulfide) groups is 2. The lowest BCUT2D eigenvalue weighted by atomic mass is 10.2. The molecule has 1 saturated heterocycles. The second kappa shape index (κ2) is 6.32. The highest BCUT2D eigenvalue weighted by molar-refractivity contribution is 8.06. The summed E-state index contributed by atoms with van der Waals surface area (Å²) in [5, 5.41) is 9.90. The van der Waals surface area contributed by atoms with Crippen LogP contribution in [0, 0.1) is 0 Å². The summed E-state index contributed by atoms with van der Waals surface area (Å²) in [5.41, 5.74) is 1.87. The molecule has 1 aromatic heterocycles. The first-order chi connectivity index (χ1) is 10.2. The molecule has 0 bridgehead atoms. The summed E-state index contributed by atoms with van der Waals surface area (Å²) in [4.78, 5) is 15.9. The number of para-hydroxylation sites is 1. The van der Waals surface area contributed by atoms with E-state index in [9.17, 15) is 9.90 Å². The van der Waals surface area contributed by atoms with Crippen molar-refractivity contribution in [3.8, 4) is 0 Å². The Morgan fingerprint density at radius 3 is 3.00 bits per heavy atom. The van der Waals surface area contributed by atoms with E-state index in [0.29, 0.717) is 16.3 Å². The molecular formula is C15H18N2O2S2. The van der Waals surface area contributed by atoms with Gasteiger partial charge in [0.25, 0.3) is 0 Å². The number of rotatable bonds is 4. The lowest BCUT2D eigenvalue weighted by Crippen LogP contribution is -2.21. The molecule has 112 valence electrons. The number of hydrogen-bond donors (Lipinski definition) is 1. The molecule has 0 aliphatic carbocycles. The van der Waals surface area contributed by atoms with Gasteiger partial charge in [-0.05, 0) is 12.1 Å². The van der Waals surface area contributed by atoms with E-state index in [1.807, 2.05) is 35.7 Å². The Kier molecular flexibility index (Phi) is 4.45. The summed E-state index contributed by atoms with van der Waals surface area (Å²) >= 11 is 4.02. The van der Waals surface area contributed by atoms with Gasteiger partial charge in [-0.2, -0.15) is 23.5 Å². The highest BCUT2D eigenvalue weighted by Gasteiger charge is 2.20. The SMILES string of the molecule is CCc1nc2c(C(=O)O)cccc2n1CC1CSCCS1. The molecule has 4 nitrogen and oxygen atoms in total. The largest absolute Gasteiger partial charge is 0.478 e. The maximum absolute atomic E-state index is 11.4.